The standard InChI is InChI=1S/C14H22BrNO/c1-3-8-17-14-5-4-13(15)10-12(14)9-11(2)6-7-16/h4-5,10-11H,3,6-9,16H2,1-2H3. The van der Waals surface area contributed by atoms with Gasteiger partial charge in [0.15, 0.2) is 0 Å². The quantitative estimate of drug-likeness (QED) is 0.832. The molecule has 0 aliphatic heterocycles. The van der Waals surface area contributed by atoms with Crippen LogP contribution in [0.25, 0.3) is 0 Å². The van der Waals surface area contributed by atoms with Crippen LogP contribution < -0.4 is 10.5 Å². The molecule has 0 saturated heterocycles. The van der Waals surface area contributed by atoms with E-state index >= 15 is 0 Å². The molecule has 0 bridgehead atoms. The average molecular weight is 300 g/mol. The number of rotatable bonds is 7. The Kier molecular flexibility index (Phi) is 6.60. The third kappa shape index (κ3) is 5.09. The maximum atomic E-state index is 5.77. The zero-order valence-corrected chi connectivity index (χ0v) is 12.3. The lowest BCUT2D eigenvalue weighted by Gasteiger charge is -2.15. The van der Waals surface area contributed by atoms with Gasteiger partial charge in [0.05, 0.1) is 6.61 Å². The van der Waals surface area contributed by atoms with Gasteiger partial charge in [-0.2, -0.15) is 0 Å². The molecule has 1 atom stereocenters. The molecule has 2 N–H and O–H groups in total. The summed E-state index contributed by atoms with van der Waals surface area (Å²) >= 11 is 3.51. The molecule has 1 aromatic carbocycles. The van der Waals surface area contributed by atoms with Crippen molar-refractivity contribution in [2.24, 2.45) is 11.7 Å². The van der Waals surface area contributed by atoms with Crippen LogP contribution in [0.3, 0.4) is 0 Å². The normalized spacial score (nSPS) is 12.5. The summed E-state index contributed by atoms with van der Waals surface area (Å²) in [5.41, 5.74) is 6.86. The van der Waals surface area contributed by atoms with E-state index in [9.17, 15) is 0 Å². The Morgan fingerprint density at radius 1 is 1.41 bits per heavy atom. The summed E-state index contributed by atoms with van der Waals surface area (Å²) in [5, 5.41) is 0. The molecular weight excluding hydrogens is 278 g/mol. The Morgan fingerprint density at radius 3 is 2.82 bits per heavy atom. The molecule has 0 spiro atoms. The molecule has 0 aliphatic rings. The molecule has 1 unspecified atom stereocenters. The van der Waals surface area contributed by atoms with Crippen LogP contribution in [0.5, 0.6) is 5.75 Å². The SMILES string of the molecule is CCCOc1ccc(Br)cc1CC(C)CCN. The lowest BCUT2D eigenvalue weighted by atomic mass is 9.97. The van der Waals surface area contributed by atoms with Crippen LogP contribution in [0.1, 0.15) is 32.3 Å². The van der Waals surface area contributed by atoms with Crippen molar-refractivity contribution < 1.29 is 4.74 Å². The van der Waals surface area contributed by atoms with E-state index in [4.69, 9.17) is 10.5 Å². The Hall–Kier alpha value is -0.540. The number of hydrogen-bond acceptors (Lipinski definition) is 2. The van der Waals surface area contributed by atoms with Gasteiger partial charge < -0.3 is 10.5 Å². The number of ether oxygens (including phenoxy) is 1. The van der Waals surface area contributed by atoms with Crippen molar-refractivity contribution >= 4 is 15.9 Å². The summed E-state index contributed by atoms with van der Waals surface area (Å²) in [7, 11) is 0. The van der Waals surface area contributed by atoms with Gasteiger partial charge in [-0.25, -0.2) is 0 Å². The second-order valence-electron chi connectivity index (χ2n) is 4.49. The molecule has 0 aromatic heterocycles. The van der Waals surface area contributed by atoms with Crippen LogP contribution in [-0.2, 0) is 6.42 Å². The third-order valence-electron chi connectivity index (χ3n) is 2.71. The van der Waals surface area contributed by atoms with E-state index < -0.39 is 0 Å². The Morgan fingerprint density at radius 2 is 2.18 bits per heavy atom. The van der Waals surface area contributed by atoms with Crippen LogP contribution in [0, 0.1) is 5.92 Å². The highest BCUT2D eigenvalue weighted by Gasteiger charge is 2.09. The van der Waals surface area contributed by atoms with Crippen LogP contribution in [0.4, 0.5) is 0 Å². The molecule has 17 heavy (non-hydrogen) atoms. The van der Waals surface area contributed by atoms with E-state index in [2.05, 4.69) is 35.8 Å². The summed E-state index contributed by atoms with van der Waals surface area (Å²) < 4.78 is 6.88. The fraction of sp³-hybridized carbons (Fsp3) is 0.571. The second kappa shape index (κ2) is 7.72. The first kappa shape index (κ1) is 14.5. The lowest BCUT2D eigenvalue weighted by Crippen LogP contribution is -2.09. The van der Waals surface area contributed by atoms with Crippen molar-refractivity contribution in [3.05, 3.63) is 28.2 Å². The molecule has 96 valence electrons. The molecule has 0 radical (unpaired) electrons. The van der Waals surface area contributed by atoms with Gasteiger partial charge in [-0.05, 0) is 55.5 Å². The second-order valence-corrected chi connectivity index (χ2v) is 5.40. The van der Waals surface area contributed by atoms with Crippen LogP contribution in [0.2, 0.25) is 0 Å². The molecule has 0 amide bonds. The molecule has 0 heterocycles. The Balaban J connectivity index is 2.75. The first-order chi connectivity index (χ1) is 8.17. The van der Waals surface area contributed by atoms with Crippen molar-refractivity contribution in [3.8, 4) is 5.75 Å². The highest BCUT2D eigenvalue weighted by atomic mass is 79.9. The van der Waals surface area contributed by atoms with Gasteiger partial charge in [-0.15, -0.1) is 0 Å². The minimum absolute atomic E-state index is 0.596. The minimum Gasteiger partial charge on any atom is -0.493 e. The molecule has 1 aromatic rings. The largest absolute Gasteiger partial charge is 0.493 e. The summed E-state index contributed by atoms with van der Waals surface area (Å²) in [5.74, 6) is 1.61. The van der Waals surface area contributed by atoms with E-state index in [1.807, 2.05) is 12.1 Å². The monoisotopic (exact) mass is 299 g/mol. The van der Waals surface area contributed by atoms with E-state index in [1.54, 1.807) is 0 Å². The molecule has 0 aliphatic carbocycles. The summed E-state index contributed by atoms with van der Waals surface area (Å²) in [4.78, 5) is 0. The van der Waals surface area contributed by atoms with Gasteiger partial charge in [0.2, 0.25) is 0 Å². The zero-order valence-electron chi connectivity index (χ0n) is 10.7. The van der Waals surface area contributed by atoms with Crippen LogP contribution >= 0.6 is 15.9 Å². The summed E-state index contributed by atoms with van der Waals surface area (Å²) in [6.07, 6.45) is 3.11. The molecule has 3 heteroatoms. The lowest BCUT2D eigenvalue weighted by molar-refractivity contribution is 0.312. The van der Waals surface area contributed by atoms with E-state index in [1.165, 1.54) is 5.56 Å². The molecule has 0 fully saturated rings. The smallest absolute Gasteiger partial charge is 0.122 e. The summed E-state index contributed by atoms with van der Waals surface area (Å²) in [6, 6.07) is 6.23. The zero-order chi connectivity index (χ0) is 12.7. The van der Waals surface area contributed by atoms with Gasteiger partial charge in [-0.1, -0.05) is 29.8 Å². The Bertz CT molecular complexity index is 341. The van der Waals surface area contributed by atoms with E-state index in [-0.39, 0.29) is 0 Å². The van der Waals surface area contributed by atoms with Crippen molar-refractivity contribution in [1.29, 1.82) is 0 Å². The van der Waals surface area contributed by atoms with Gasteiger partial charge in [0.25, 0.3) is 0 Å². The maximum absolute atomic E-state index is 5.77. The molecule has 0 saturated carbocycles. The third-order valence-corrected chi connectivity index (χ3v) is 3.21. The summed E-state index contributed by atoms with van der Waals surface area (Å²) in [6.45, 7) is 5.88. The van der Waals surface area contributed by atoms with E-state index in [0.29, 0.717) is 5.92 Å². The van der Waals surface area contributed by atoms with E-state index in [0.717, 1.165) is 42.6 Å². The molecular formula is C14H22BrNO. The van der Waals surface area contributed by atoms with Gasteiger partial charge in [0, 0.05) is 4.47 Å². The molecule has 2 nitrogen and oxygen atoms in total. The molecule has 1 rings (SSSR count). The van der Waals surface area contributed by atoms with Crippen molar-refractivity contribution in [1.82, 2.24) is 0 Å². The highest BCUT2D eigenvalue weighted by Crippen LogP contribution is 2.26. The first-order valence-electron chi connectivity index (χ1n) is 6.28. The fourth-order valence-electron chi connectivity index (χ4n) is 1.82. The van der Waals surface area contributed by atoms with Crippen molar-refractivity contribution in [3.63, 3.8) is 0 Å². The van der Waals surface area contributed by atoms with Gasteiger partial charge in [0.1, 0.15) is 5.75 Å². The minimum atomic E-state index is 0.596. The Labute approximate surface area is 113 Å². The highest BCUT2D eigenvalue weighted by molar-refractivity contribution is 9.10. The predicted octanol–water partition coefficient (Wildman–Crippen LogP) is 3.77. The number of benzene rings is 1. The number of hydrogen-bond donors (Lipinski definition) is 1. The topological polar surface area (TPSA) is 35.2 Å². The average Bonchev–Trinajstić information content (AvgIpc) is 2.28. The first-order valence-corrected chi connectivity index (χ1v) is 7.08. The number of halogens is 1. The fourth-order valence-corrected chi connectivity index (χ4v) is 2.23. The van der Waals surface area contributed by atoms with Crippen LogP contribution in [-0.4, -0.2) is 13.2 Å². The van der Waals surface area contributed by atoms with Crippen LogP contribution in [0.15, 0.2) is 22.7 Å². The van der Waals surface area contributed by atoms with Gasteiger partial charge >= 0.3 is 0 Å². The van der Waals surface area contributed by atoms with Gasteiger partial charge in [-0.3, -0.25) is 0 Å². The number of nitrogens with two attached hydrogens (primary N) is 1. The van der Waals surface area contributed by atoms with Crippen molar-refractivity contribution in [2.45, 2.75) is 33.1 Å². The predicted molar refractivity (Wildman–Crippen MR) is 76.5 cm³/mol. The maximum Gasteiger partial charge on any atom is 0.122 e. The van der Waals surface area contributed by atoms with Crippen molar-refractivity contribution in [2.75, 3.05) is 13.2 Å².